The summed E-state index contributed by atoms with van der Waals surface area (Å²) in [4.78, 5) is 15.0. The van der Waals surface area contributed by atoms with Crippen molar-refractivity contribution < 1.29 is 18.0 Å². The maximum Gasteiger partial charge on any atom is 0.405 e. The van der Waals surface area contributed by atoms with E-state index in [1.165, 1.54) is 0 Å². The zero-order valence-electron chi connectivity index (χ0n) is 9.21. The molecule has 0 aromatic carbocycles. The lowest BCUT2D eigenvalue weighted by molar-refractivity contribution is -0.137. The van der Waals surface area contributed by atoms with Crippen molar-refractivity contribution in [2.24, 2.45) is 7.05 Å². The number of imidazole rings is 1. The van der Waals surface area contributed by atoms with Crippen LogP contribution in [0.15, 0.2) is 12.4 Å². The monoisotopic (exact) mass is 250 g/mol. The second kappa shape index (κ2) is 5.67. The third-order valence-corrected chi connectivity index (χ3v) is 1.98. The Morgan fingerprint density at radius 3 is 2.76 bits per heavy atom. The minimum absolute atomic E-state index is 0.178. The number of carbonyl (C=O) groups is 1. The van der Waals surface area contributed by atoms with E-state index in [9.17, 15) is 18.0 Å². The molecule has 0 aliphatic carbocycles. The molecule has 1 amide bonds. The number of aryl methyl sites for hydroxylation is 1. The molecule has 0 bridgehead atoms. The van der Waals surface area contributed by atoms with E-state index in [1.54, 1.807) is 29.3 Å². The van der Waals surface area contributed by atoms with Gasteiger partial charge >= 0.3 is 6.18 Å². The summed E-state index contributed by atoms with van der Waals surface area (Å²) in [5.74, 6) is 0.00477. The van der Waals surface area contributed by atoms with Gasteiger partial charge in [0.15, 0.2) is 0 Å². The molecule has 0 saturated heterocycles. The highest BCUT2D eigenvalue weighted by Crippen LogP contribution is 2.11. The van der Waals surface area contributed by atoms with Gasteiger partial charge in [0.2, 0.25) is 5.91 Å². The van der Waals surface area contributed by atoms with Gasteiger partial charge in [0.25, 0.3) is 0 Å². The van der Waals surface area contributed by atoms with Crippen molar-refractivity contribution in [2.45, 2.75) is 12.7 Å². The standard InChI is InChI=1S/C9H13F3N4O/c1-16-3-2-14-7(16)4-13-5-8(17)15-6-9(10,11)12/h2-3,13H,4-6H2,1H3,(H,15,17). The number of rotatable bonds is 5. The number of nitrogens with one attached hydrogen (secondary N) is 2. The van der Waals surface area contributed by atoms with Gasteiger partial charge in [-0.1, -0.05) is 0 Å². The molecule has 0 saturated carbocycles. The van der Waals surface area contributed by atoms with E-state index in [2.05, 4.69) is 10.3 Å². The van der Waals surface area contributed by atoms with Gasteiger partial charge in [-0.2, -0.15) is 13.2 Å². The summed E-state index contributed by atoms with van der Waals surface area (Å²) in [6.07, 6.45) is -1.04. The molecule has 96 valence electrons. The first-order chi connectivity index (χ1) is 7.88. The molecule has 0 aliphatic heterocycles. The Bertz CT molecular complexity index is 375. The molecular formula is C9H13F3N4O. The van der Waals surface area contributed by atoms with Crippen LogP contribution in [0.3, 0.4) is 0 Å². The Hall–Kier alpha value is -1.57. The number of alkyl halides is 3. The van der Waals surface area contributed by atoms with Crippen LogP contribution in [0, 0.1) is 0 Å². The number of halogens is 3. The fraction of sp³-hybridized carbons (Fsp3) is 0.556. The SMILES string of the molecule is Cn1ccnc1CNCC(=O)NCC(F)(F)F. The summed E-state index contributed by atoms with van der Waals surface area (Å²) in [7, 11) is 1.79. The molecule has 1 aromatic heterocycles. The van der Waals surface area contributed by atoms with Gasteiger partial charge in [-0.05, 0) is 0 Å². The minimum Gasteiger partial charge on any atom is -0.346 e. The van der Waals surface area contributed by atoms with E-state index in [4.69, 9.17) is 0 Å². The van der Waals surface area contributed by atoms with Gasteiger partial charge in [0.05, 0.1) is 13.1 Å². The highest BCUT2D eigenvalue weighted by molar-refractivity contribution is 5.77. The molecule has 0 unspecified atom stereocenters. The van der Waals surface area contributed by atoms with Crippen molar-refractivity contribution in [1.82, 2.24) is 20.2 Å². The highest BCUT2D eigenvalue weighted by Gasteiger charge is 2.27. The molecule has 0 fully saturated rings. The van der Waals surface area contributed by atoms with Crippen molar-refractivity contribution >= 4 is 5.91 Å². The molecule has 0 aliphatic rings. The number of hydrogen-bond acceptors (Lipinski definition) is 3. The first-order valence-electron chi connectivity index (χ1n) is 4.89. The molecule has 1 heterocycles. The molecule has 0 spiro atoms. The van der Waals surface area contributed by atoms with Crippen molar-refractivity contribution in [3.8, 4) is 0 Å². The zero-order chi connectivity index (χ0) is 12.9. The average molecular weight is 250 g/mol. The van der Waals surface area contributed by atoms with Crippen molar-refractivity contribution in [1.29, 1.82) is 0 Å². The molecule has 8 heteroatoms. The largest absolute Gasteiger partial charge is 0.405 e. The lowest BCUT2D eigenvalue weighted by atomic mass is 10.5. The summed E-state index contributed by atoms with van der Waals surface area (Å²) in [5.41, 5.74) is 0. The first-order valence-corrected chi connectivity index (χ1v) is 4.89. The Balaban J connectivity index is 2.19. The number of aromatic nitrogens is 2. The Labute approximate surface area is 96.0 Å². The lowest BCUT2D eigenvalue weighted by Crippen LogP contribution is -2.39. The van der Waals surface area contributed by atoms with Gasteiger partial charge in [-0.3, -0.25) is 4.79 Å². The Morgan fingerprint density at radius 1 is 1.53 bits per heavy atom. The molecule has 1 rings (SSSR count). The number of nitrogens with zero attached hydrogens (tertiary/aromatic N) is 2. The fourth-order valence-electron chi connectivity index (χ4n) is 1.12. The molecule has 0 radical (unpaired) electrons. The van der Waals surface area contributed by atoms with E-state index < -0.39 is 18.6 Å². The normalized spacial score (nSPS) is 11.5. The summed E-state index contributed by atoms with van der Waals surface area (Å²) in [5, 5.41) is 4.47. The van der Waals surface area contributed by atoms with Crippen molar-refractivity contribution in [2.75, 3.05) is 13.1 Å². The van der Waals surface area contributed by atoms with Crippen molar-refractivity contribution in [3.63, 3.8) is 0 Å². The molecular weight excluding hydrogens is 237 g/mol. The summed E-state index contributed by atoms with van der Waals surface area (Å²) < 4.78 is 37.0. The summed E-state index contributed by atoms with van der Waals surface area (Å²) in [6, 6.07) is 0. The van der Waals surface area contributed by atoms with E-state index in [0.29, 0.717) is 12.4 Å². The first kappa shape index (κ1) is 13.5. The molecule has 2 N–H and O–H groups in total. The van der Waals surface area contributed by atoms with E-state index in [0.717, 1.165) is 0 Å². The Morgan fingerprint density at radius 2 is 2.24 bits per heavy atom. The highest BCUT2D eigenvalue weighted by atomic mass is 19.4. The summed E-state index contributed by atoms with van der Waals surface area (Å²) >= 11 is 0. The predicted molar refractivity (Wildman–Crippen MR) is 54.0 cm³/mol. The third kappa shape index (κ3) is 5.34. The summed E-state index contributed by atoms with van der Waals surface area (Å²) in [6.45, 7) is -1.16. The van der Waals surface area contributed by atoms with Crippen LogP contribution in [-0.2, 0) is 18.4 Å². The zero-order valence-corrected chi connectivity index (χ0v) is 9.21. The van der Waals surface area contributed by atoms with Gasteiger partial charge in [-0.15, -0.1) is 0 Å². The van der Waals surface area contributed by atoms with Crippen LogP contribution >= 0.6 is 0 Å². The van der Waals surface area contributed by atoms with Crippen LogP contribution in [0.1, 0.15) is 5.82 Å². The molecule has 17 heavy (non-hydrogen) atoms. The Kier molecular flexibility index (Phi) is 4.50. The van der Waals surface area contributed by atoms with Gasteiger partial charge < -0.3 is 15.2 Å². The van der Waals surface area contributed by atoms with E-state index in [-0.39, 0.29) is 6.54 Å². The van der Waals surface area contributed by atoms with E-state index >= 15 is 0 Å². The fourth-order valence-corrected chi connectivity index (χ4v) is 1.12. The minimum atomic E-state index is -4.38. The molecule has 1 aromatic rings. The van der Waals surface area contributed by atoms with E-state index in [1.807, 2.05) is 0 Å². The second-order valence-electron chi connectivity index (χ2n) is 3.45. The van der Waals surface area contributed by atoms with Crippen LogP contribution in [0.2, 0.25) is 0 Å². The number of carbonyl (C=O) groups excluding carboxylic acids is 1. The van der Waals surface area contributed by atoms with Crippen LogP contribution in [0.5, 0.6) is 0 Å². The van der Waals surface area contributed by atoms with Crippen LogP contribution in [0.25, 0.3) is 0 Å². The molecule has 0 atom stereocenters. The average Bonchev–Trinajstić information content (AvgIpc) is 2.61. The molecule has 5 nitrogen and oxygen atoms in total. The number of hydrogen-bond donors (Lipinski definition) is 2. The van der Waals surface area contributed by atoms with Crippen LogP contribution in [-0.4, -0.2) is 34.7 Å². The van der Waals surface area contributed by atoms with Crippen molar-refractivity contribution in [3.05, 3.63) is 18.2 Å². The smallest absolute Gasteiger partial charge is 0.346 e. The quantitative estimate of drug-likeness (QED) is 0.784. The second-order valence-corrected chi connectivity index (χ2v) is 3.45. The van der Waals surface area contributed by atoms with Gasteiger partial charge in [-0.25, -0.2) is 4.98 Å². The third-order valence-electron chi connectivity index (χ3n) is 1.98. The maximum absolute atomic E-state index is 11.8. The van der Waals surface area contributed by atoms with Crippen LogP contribution < -0.4 is 10.6 Å². The van der Waals surface area contributed by atoms with Gasteiger partial charge in [0, 0.05) is 19.4 Å². The lowest BCUT2D eigenvalue weighted by Gasteiger charge is -2.08. The predicted octanol–water partition coefficient (Wildman–Crippen LogP) is 0.188. The van der Waals surface area contributed by atoms with Gasteiger partial charge in [0.1, 0.15) is 12.4 Å². The van der Waals surface area contributed by atoms with Crippen LogP contribution in [0.4, 0.5) is 13.2 Å². The number of amides is 1. The maximum atomic E-state index is 11.8. The topological polar surface area (TPSA) is 59.0 Å².